The van der Waals surface area contributed by atoms with Crippen LogP contribution in [0.4, 0.5) is 0 Å². The maximum Gasteiger partial charge on any atom is 0.246 e. The van der Waals surface area contributed by atoms with E-state index in [1.807, 2.05) is 11.0 Å². The Hall–Kier alpha value is -1.43. The zero-order chi connectivity index (χ0) is 16.8. The molecule has 1 aromatic rings. The summed E-state index contributed by atoms with van der Waals surface area (Å²) in [6, 6.07) is 4.17. The Labute approximate surface area is 148 Å². The molecule has 0 spiro atoms. The highest BCUT2D eigenvalue weighted by atomic mass is 35.5. The number of hydrogen-bond donors (Lipinski definition) is 0. The van der Waals surface area contributed by atoms with Crippen LogP contribution in [0.2, 0.25) is 5.15 Å². The monoisotopic (exact) mass is 349 g/mol. The van der Waals surface area contributed by atoms with Crippen LogP contribution < -0.4 is 0 Å². The highest BCUT2D eigenvalue weighted by Gasteiger charge is 2.26. The van der Waals surface area contributed by atoms with Crippen molar-refractivity contribution in [3.8, 4) is 0 Å². The summed E-state index contributed by atoms with van der Waals surface area (Å²) in [5.74, 6) is 0.0700. The third-order valence-corrected chi connectivity index (χ3v) is 4.93. The Balaban J connectivity index is 1.49. The van der Waals surface area contributed by atoms with Gasteiger partial charge in [0.15, 0.2) is 0 Å². The molecule has 0 aromatic carbocycles. The van der Waals surface area contributed by atoms with Crippen LogP contribution in [0.1, 0.15) is 24.8 Å². The van der Waals surface area contributed by atoms with Crippen molar-refractivity contribution in [2.24, 2.45) is 0 Å². The molecule has 5 nitrogen and oxygen atoms in total. The van der Waals surface area contributed by atoms with E-state index < -0.39 is 0 Å². The first kappa shape index (κ1) is 17.4. The molecule has 2 aliphatic rings. The Bertz CT molecular complexity index is 577. The predicted molar refractivity (Wildman–Crippen MR) is 94.9 cm³/mol. The minimum absolute atomic E-state index is 0.0700. The molecule has 1 aromatic heterocycles. The molecule has 6 heteroatoms. The summed E-state index contributed by atoms with van der Waals surface area (Å²) in [5, 5.41) is 0.437. The molecule has 0 saturated carbocycles. The number of ether oxygens (including phenoxy) is 1. The van der Waals surface area contributed by atoms with E-state index in [4.69, 9.17) is 16.3 Å². The van der Waals surface area contributed by atoms with Crippen LogP contribution in [-0.2, 0) is 9.53 Å². The first-order valence-corrected chi connectivity index (χ1v) is 9.00. The van der Waals surface area contributed by atoms with Crippen LogP contribution in [-0.4, -0.2) is 66.1 Å². The zero-order valence-electron chi connectivity index (χ0n) is 13.9. The van der Waals surface area contributed by atoms with Crippen LogP contribution >= 0.6 is 11.6 Å². The smallest absolute Gasteiger partial charge is 0.246 e. The SMILES string of the molecule is O=C(/C=C/c1ccnc(Cl)c1)N1CCC(N2CCCOCC2)CC1. The van der Waals surface area contributed by atoms with Gasteiger partial charge in [0, 0.05) is 51.1 Å². The van der Waals surface area contributed by atoms with E-state index in [0.717, 1.165) is 64.2 Å². The Kier molecular flexibility index (Phi) is 6.24. The van der Waals surface area contributed by atoms with Gasteiger partial charge < -0.3 is 9.64 Å². The molecule has 3 rings (SSSR count). The second kappa shape index (κ2) is 8.60. The van der Waals surface area contributed by atoms with E-state index in [9.17, 15) is 4.79 Å². The first-order chi connectivity index (χ1) is 11.7. The van der Waals surface area contributed by atoms with Crippen molar-refractivity contribution in [3.05, 3.63) is 35.1 Å². The van der Waals surface area contributed by atoms with Gasteiger partial charge in [0.1, 0.15) is 5.15 Å². The molecular weight excluding hydrogens is 326 g/mol. The predicted octanol–water partition coefficient (Wildman–Crippen LogP) is 2.46. The molecule has 0 unspecified atom stereocenters. The van der Waals surface area contributed by atoms with Gasteiger partial charge in [0.05, 0.1) is 6.61 Å². The lowest BCUT2D eigenvalue weighted by molar-refractivity contribution is -0.127. The topological polar surface area (TPSA) is 45.7 Å². The zero-order valence-corrected chi connectivity index (χ0v) is 14.6. The molecular formula is C18H24ClN3O2. The minimum atomic E-state index is 0.0700. The molecule has 0 bridgehead atoms. The lowest BCUT2D eigenvalue weighted by Crippen LogP contribution is -2.47. The average Bonchev–Trinajstić information content (AvgIpc) is 2.89. The molecule has 0 aliphatic carbocycles. The van der Waals surface area contributed by atoms with E-state index >= 15 is 0 Å². The summed E-state index contributed by atoms with van der Waals surface area (Å²) >= 11 is 5.86. The first-order valence-electron chi connectivity index (χ1n) is 8.63. The van der Waals surface area contributed by atoms with Gasteiger partial charge >= 0.3 is 0 Å². The second-order valence-corrected chi connectivity index (χ2v) is 6.69. The maximum absolute atomic E-state index is 12.4. The largest absolute Gasteiger partial charge is 0.380 e. The number of halogens is 1. The van der Waals surface area contributed by atoms with Gasteiger partial charge in [0.2, 0.25) is 5.91 Å². The summed E-state index contributed by atoms with van der Waals surface area (Å²) in [4.78, 5) is 20.8. The van der Waals surface area contributed by atoms with Crippen molar-refractivity contribution >= 4 is 23.6 Å². The fourth-order valence-electron chi connectivity index (χ4n) is 3.38. The normalized spacial score (nSPS) is 21.1. The van der Waals surface area contributed by atoms with E-state index in [2.05, 4.69) is 9.88 Å². The van der Waals surface area contributed by atoms with Gasteiger partial charge in [-0.05, 0) is 43.0 Å². The standard InChI is InChI=1S/C18H24ClN3O2/c19-17-14-15(4-7-20-17)2-3-18(23)22-9-5-16(6-10-22)21-8-1-12-24-13-11-21/h2-4,7,14,16H,1,5-6,8-13H2/b3-2+. The quantitative estimate of drug-likeness (QED) is 0.621. The number of piperidine rings is 1. The molecule has 3 heterocycles. The number of likely N-dealkylation sites (tertiary alicyclic amines) is 1. The Morgan fingerprint density at radius 3 is 2.88 bits per heavy atom. The van der Waals surface area contributed by atoms with Crippen molar-refractivity contribution in [1.82, 2.24) is 14.8 Å². The van der Waals surface area contributed by atoms with Gasteiger partial charge in [-0.1, -0.05) is 11.6 Å². The van der Waals surface area contributed by atoms with Crippen molar-refractivity contribution in [2.45, 2.75) is 25.3 Å². The number of amides is 1. The van der Waals surface area contributed by atoms with Crippen molar-refractivity contribution < 1.29 is 9.53 Å². The highest BCUT2D eigenvalue weighted by Crippen LogP contribution is 2.18. The molecule has 0 N–H and O–H groups in total. The fraction of sp³-hybridized carbons (Fsp3) is 0.556. The molecule has 2 fully saturated rings. The summed E-state index contributed by atoms with van der Waals surface area (Å²) in [6.45, 7) is 5.47. The minimum Gasteiger partial charge on any atom is -0.380 e. The lowest BCUT2D eigenvalue weighted by Gasteiger charge is -2.37. The number of carbonyl (C=O) groups excluding carboxylic acids is 1. The van der Waals surface area contributed by atoms with Gasteiger partial charge in [-0.2, -0.15) is 0 Å². The highest BCUT2D eigenvalue weighted by molar-refractivity contribution is 6.29. The number of pyridine rings is 1. The van der Waals surface area contributed by atoms with Crippen LogP contribution in [0.3, 0.4) is 0 Å². The lowest BCUT2D eigenvalue weighted by atomic mass is 10.0. The van der Waals surface area contributed by atoms with E-state index in [0.29, 0.717) is 11.2 Å². The molecule has 24 heavy (non-hydrogen) atoms. The Morgan fingerprint density at radius 1 is 1.25 bits per heavy atom. The van der Waals surface area contributed by atoms with Crippen LogP contribution in [0.5, 0.6) is 0 Å². The third kappa shape index (κ3) is 4.79. The maximum atomic E-state index is 12.4. The molecule has 2 aliphatic heterocycles. The van der Waals surface area contributed by atoms with Crippen LogP contribution in [0.25, 0.3) is 6.08 Å². The Morgan fingerprint density at radius 2 is 2.08 bits per heavy atom. The molecule has 130 valence electrons. The molecule has 2 saturated heterocycles. The summed E-state index contributed by atoms with van der Waals surface area (Å²) in [7, 11) is 0. The van der Waals surface area contributed by atoms with Crippen LogP contribution in [0, 0.1) is 0 Å². The van der Waals surface area contributed by atoms with Crippen LogP contribution in [0.15, 0.2) is 24.4 Å². The van der Waals surface area contributed by atoms with Gasteiger partial charge in [-0.15, -0.1) is 0 Å². The van der Waals surface area contributed by atoms with Crippen molar-refractivity contribution in [3.63, 3.8) is 0 Å². The van der Waals surface area contributed by atoms with Crippen molar-refractivity contribution in [2.75, 3.05) is 39.4 Å². The number of hydrogen-bond acceptors (Lipinski definition) is 4. The fourth-order valence-corrected chi connectivity index (χ4v) is 3.56. The van der Waals surface area contributed by atoms with Gasteiger partial charge in [-0.3, -0.25) is 9.69 Å². The molecule has 0 atom stereocenters. The van der Waals surface area contributed by atoms with E-state index in [1.165, 1.54) is 0 Å². The van der Waals surface area contributed by atoms with E-state index in [-0.39, 0.29) is 5.91 Å². The van der Waals surface area contributed by atoms with Crippen molar-refractivity contribution in [1.29, 1.82) is 0 Å². The number of nitrogens with zero attached hydrogens (tertiary/aromatic N) is 3. The summed E-state index contributed by atoms with van der Waals surface area (Å²) in [5.41, 5.74) is 0.891. The summed E-state index contributed by atoms with van der Waals surface area (Å²) in [6.07, 6.45) is 8.26. The summed E-state index contributed by atoms with van der Waals surface area (Å²) < 4.78 is 5.53. The number of aromatic nitrogens is 1. The average molecular weight is 350 g/mol. The number of rotatable bonds is 3. The number of carbonyl (C=O) groups is 1. The van der Waals surface area contributed by atoms with Gasteiger partial charge in [0.25, 0.3) is 0 Å². The third-order valence-electron chi connectivity index (χ3n) is 4.72. The molecule has 1 amide bonds. The molecule has 0 radical (unpaired) electrons. The second-order valence-electron chi connectivity index (χ2n) is 6.30. The van der Waals surface area contributed by atoms with E-state index in [1.54, 1.807) is 24.4 Å². The van der Waals surface area contributed by atoms with Gasteiger partial charge in [-0.25, -0.2) is 4.98 Å².